The number of amides is 1. The highest BCUT2D eigenvalue weighted by Gasteiger charge is 2.23. The van der Waals surface area contributed by atoms with E-state index in [0.717, 1.165) is 28.7 Å². The maximum atomic E-state index is 13.3. The third-order valence-electron chi connectivity index (χ3n) is 5.96. The van der Waals surface area contributed by atoms with Crippen LogP contribution in [0.3, 0.4) is 0 Å². The summed E-state index contributed by atoms with van der Waals surface area (Å²) in [6, 6.07) is 15.7. The molecule has 1 aliphatic rings. The van der Waals surface area contributed by atoms with Crippen LogP contribution in [0, 0.1) is 36.5 Å². The summed E-state index contributed by atoms with van der Waals surface area (Å²) >= 11 is 0. The van der Waals surface area contributed by atoms with Crippen LogP contribution in [0.15, 0.2) is 48.7 Å². The molecule has 4 rings (SSSR count). The maximum absolute atomic E-state index is 13.3. The number of H-pyrrole nitrogens is 1. The van der Waals surface area contributed by atoms with E-state index in [1.165, 1.54) is 0 Å². The van der Waals surface area contributed by atoms with Crippen LogP contribution in [0.5, 0.6) is 0 Å². The molecule has 33 heavy (non-hydrogen) atoms. The summed E-state index contributed by atoms with van der Waals surface area (Å²) in [5, 5.41) is 24.9. The first-order chi connectivity index (χ1) is 16.0. The first-order valence-electron chi connectivity index (χ1n) is 10.9. The summed E-state index contributed by atoms with van der Waals surface area (Å²) in [4.78, 5) is 19.6. The van der Waals surface area contributed by atoms with Crippen molar-refractivity contribution < 1.29 is 4.79 Å². The number of carbonyl (C=O) groups excluding carboxylic acids is 1. The number of hydrogen-bond donors (Lipinski definition) is 1. The van der Waals surface area contributed by atoms with Crippen LogP contribution < -0.4 is 0 Å². The molecule has 1 unspecified atom stereocenters. The maximum Gasteiger partial charge on any atom is 0.258 e. The summed E-state index contributed by atoms with van der Waals surface area (Å²) < 4.78 is 0. The lowest BCUT2D eigenvalue weighted by Gasteiger charge is -2.27. The molecule has 0 saturated heterocycles. The topological polar surface area (TPSA) is 109 Å². The summed E-state index contributed by atoms with van der Waals surface area (Å²) in [6.07, 6.45) is 5.61. The number of aryl methyl sites for hydroxylation is 3. The normalized spacial score (nSPS) is 15.2. The molecule has 2 heterocycles. The van der Waals surface area contributed by atoms with Gasteiger partial charge in [0.2, 0.25) is 0 Å². The number of nitrogens with zero attached hydrogens (tertiary/aromatic N) is 5. The van der Waals surface area contributed by atoms with E-state index < -0.39 is 0 Å². The minimum Gasteiger partial charge on any atom is -0.315 e. The van der Waals surface area contributed by atoms with Crippen LogP contribution in [0.4, 0.5) is 0 Å². The van der Waals surface area contributed by atoms with Crippen molar-refractivity contribution in [3.05, 3.63) is 82.3 Å². The van der Waals surface area contributed by atoms with Gasteiger partial charge in [-0.25, -0.2) is 4.98 Å². The first kappa shape index (κ1) is 22.0. The molecular weight excluding hydrogens is 412 g/mol. The SMILES string of the molecule is Cc1cc(C)c(-c2n[nH]c(CCC#N)n2)cc1C(=O)N1C=CC(c2ccc(C#N)cc2)CC1. The second-order valence-corrected chi connectivity index (χ2v) is 8.21. The molecule has 0 spiro atoms. The van der Waals surface area contributed by atoms with Crippen LogP contribution in [-0.4, -0.2) is 32.5 Å². The van der Waals surface area contributed by atoms with E-state index in [-0.39, 0.29) is 11.8 Å². The van der Waals surface area contributed by atoms with Gasteiger partial charge in [-0.05, 0) is 55.2 Å². The van der Waals surface area contributed by atoms with Gasteiger partial charge in [0, 0.05) is 42.6 Å². The molecule has 3 aromatic rings. The molecule has 7 nitrogen and oxygen atoms in total. The van der Waals surface area contributed by atoms with E-state index in [2.05, 4.69) is 27.3 Å². The lowest BCUT2D eigenvalue weighted by atomic mass is 9.92. The van der Waals surface area contributed by atoms with E-state index >= 15 is 0 Å². The molecule has 0 aliphatic carbocycles. The molecule has 0 fully saturated rings. The third kappa shape index (κ3) is 4.68. The van der Waals surface area contributed by atoms with Gasteiger partial charge in [0.05, 0.1) is 17.7 Å². The van der Waals surface area contributed by atoms with Crippen molar-refractivity contribution in [3.8, 4) is 23.5 Å². The molecule has 0 bridgehead atoms. The number of aromatic nitrogens is 3. The van der Waals surface area contributed by atoms with E-state index in [9.17, 15) is 4.79 Å². The molecule has 2 aromatic carbocycles. The zero-order valence-corrected chi connectivity index (χ0v) is 18.7. The van der Waals surface area contributed by atoms with Crippen molar-refractivity contribution in [2.75, 3.05) is 6.54 Å². The highest BCUT2D eigenvalue weighted by Crippen LogP contribution is 2.29. The van der Waals surface area contributed by atoms with Crippen molar-refractivity contribution in [2.24, 2.45) is 0 Å². The van der Waals surface area contributed by atoms with Crippen molar-refractivity contribution in [1.82, 2.24) is 20.1 Å². The largest absolute Gasteiger partial charge is 0.315 e. The molecule has 1 aromatic heterocycles. The van der Waals surface area contributed by atoms with Crippen molar-refractivity contribution in [1.29, 1.82) is 10.5 Å². The van der Waals surface area contributed by atoms with Crippen molar-refractivity contribution in [2.45, 2.75) is 39.0 Å². The fraction of sp³-hybridized carbons (Fsp3) is 0.269. The third-order valence-corrected chi connectivity index (χ3v) is 5.96. The van der Waals surface area contributed by atoms with Crippen LogP contribution in [0.2, 0.25) is 0 Å². The summed E-state index contributed by atoms with van der Waals surface area (Å²) in [6.45, 7) is 4.53. The van der Waals surface area contributed by atoms with Gasteiger partial charge in [-0.1, -0.05) is 24.3 Å². The molecule has 7 heteroatoms. The number of carbonyl (C=O) groups is 1. The van der Waals surface area contributed by atoms with Crippen LogP contribution in [0.25, 0.3) is 11.4 Å². The van der Waals surface area contributed by atoms with E-state index in [1.54, 1.807) is 4.90 Å². The molecule has 1 amide bonds. The van der Waals surface area contributed by atoms with E-state index in [0.29, 0.717) is 42.2 Å². The predicted octanol–water partition coefficient (Wildman–Crippen LogP) is 4.56. The van der Waals surface area contributed by atoms with Gasteiger partial charge in [0.15, 0.2) is 5.82 Å². The zero-order valence-electron chi connectivity index (χ0n) is 18.7. The summed E-state index contributed by atoms with van der Waals surface area (Å²) in [7, 11) is 0. The van der Waals surface area contributed by atoms with Crippen LogP contribution in [0.1, 0.15) is 57.2 Å². The molecule has 0 radical (unpaired) electrons. The van der Waals surface area contributed by atoms with Gasteiger partial charge in [0.25, 0.3) is 5.91 Å². The Morgan fingerprint density at radius 1 is 1.18 bits per heavy atom. The Balaban J connectivity index is 1.54. The smallest absolute Gasteiger partial charge is 0.258 e. The number of rotatable bonds is 5. The molecule has 1 atom stereocenters. The Bertz CT molecular complexity index is 1290. The Morgan fingerprint density at radius 2 is 1.97 bits per heavy atom. The molecule has 1 N–H and O–H groups in total. The van der Waals surface area contributed by atoms with Gasteiger partial charge < -0.3 is 4.90 Å². The highest BCUT2D eigenvalue weighted by atomic mass is 16.2. The fourth-order valence-corrected chi connectivity index (χ4v) is 4.09. The van der Waals surface area contributed by atoms with Crippen molar-refractivity contribution in [3.63, 3.8) is 0 Å². The number of allylic oxidation sites excluding steroid dienone is 1. The second kappa shape index (κ2) is 9.50. The zero-order chi connectivity index (χ0) is 23.4. The van der Waals surface area contributed by atoms with Gasteiger partial charge in [-0.3, -0.25) is 9.89 Å². The van der Waals surface area contributed by atoms with Gasteiger partial charge in [-0.15, -0.1) is 0 Å². The quantitative estimate of drug-likeness (QED) is 0.630. The number of hydrogen-bond acceptors (Lipinski definition) is 5. The minimum atomic E-state index is -0.0523. The highest BCUT2D eigenvalue weighted by molar-refractivity contribution is 5.97. The first-order valence-corrected chi connectivity index (χ1v) is 10.9. The number of benzene rings is 2. The van der Waals surface area contributed by atoms with E-state index in [4.69, 9.17) is 10.5 Å². The number of nitriles is 2. The van der Waals surface area contributed by atoms with Gasteiger partial charge >= 0.3 is 0 Å². The Hall–Kier alpha value is -4.23. The Morgan fingerprint density at radius 3 is 2.64 bits per heavy atom. The van der Waals surface area contributed by atoms with Crippen molar-refractivity contribution >= 4 is 5.91 Å². The Kier molecular flexibility index (Phi) is 6.33. The second-order valence-electron chi connectivity index (χ2n) is 8.21. The Labute approximate surface area is 193 Å². The standard InChI is InChI=1S/C26H24N6O/c1-17-14-18(2)23(15-22(17)25-29-24(30-31-25)4-3-11-27)26(33)32-12-9-21(10-13-32)20-7-5-19(16-28)6-8-20/h5-9,12,14-15,21H,3-4,10,13H2,1-2H3,(H,29,30,31). The van der Waals surface area contributed by atoms with Gasteiger partial charge in [-0.2, -0.15) is 15.6 Å². The predicted molar refractivity (Wildman–Crippen MR) is 124 cm³/mol. The summed E-state index contributed by atoms with van der Waals surface area (Å²) in [5.74, 6) is 1.36. The average molecular weight is 437 g/mol. The fourth-order valence-electron chi connectivity index (χ4n) is 4.09. The van der Waals surface area contributed by atoms with E-state index in [1.807, 2.05) is 62.5 Å². The lowest BCUT2D eigenvalue weighted by Crippen LogP contribution is -2.31. The number of aromatic amines is 1. The minimum absolute atomic E-state index is 0.0523. The number of nitrogens with one attached hydrogen (secondary N) is 1. The molecule has 0 saturated carbocycles. The molecule has 1 aliphatic heterocycles. The summed E-state index contributed by atoms with van der Waals surface area (Å²) in [5.41, 5.74) is 5.11. The lowest BCUT2D eigenvalue weighted by molar-refractivity contribution is 0.0812. The average Bonchev–Trinajstić information content (AvgIpc) is 3.31. The van der Waals surface area contributed by atoms with Crippen LogP contribution >= 0.6 is 0 Å². The van der Waals surface area contributed by atoms with Gasteiger partial charge in [0.1, 0.15) is 5.82 Å². The van der Waals surface area contributed by atoms with Crippen LogP contribution in [-0.2, 0) is 6.42 Å². The molecule has 164 valence electrons. The monoisotopic (exact) mass is 436 g/mol. The molecular formula is C26H24N6O.